The molecule has 2 atom stereocenters. The number of alkyl halides is 3. The van der Waals surface area contributed by atoms with Crippen LogP contribution in [-0.4, -0.2) is 43.1 Å². The smallest absolute Gasteiger partial charge is 0.396 e. The molecule has 0 aliphatic heterocycles. The van der Waals surface area contributed by atoms with E-state index in [4.69, 9.17) is 0 Å². The van der Waals surface area contributed by atoms with E-state index in [-0.39, 0.29) is 34.9 Å². The zero-order valence-electron chi connectivity index (χ0n) is 17.0. The summed E-state index contributed by atoms with van der Waals surface area (Å²) in [5, 5.41) is 21.6. The van der Waals surface area contributed by atoms with E-state index in [1.165, 1.54) is 43.3 Å². The van der Waals surface area contributed by atoms with Crippen LogP contribution in [0.25, 0.3) is 0 Å². The monoisotopic (exact) mass is 459 g/mol. The number of amides is 1. The number of benzene rings is 2. The molecule has 10 heteroatoms. The van der Waals surface area contributed by atoms with Crippen LogP contribution in [0.4, 0.5) is 18.9 Å². The Labute approximate surface area is 178 Å². The third-order valence-electron chi connectivity index (χ3n) is 5.02. The van der Waals surface area contributed by atoms with E-state index in [2.05, 4.69) is 5.32 Å². The fraction of sp³-hybridized carbons (Fsp3) is 0.381. The topological polar surface area (TPSA) is 104 Å². The summed E-state index contributed by atoms with van der Waals surface area (Å²) in [5.41, 5.74) is -2.72. The van der Waals surface area contributed by atoms with Gasteiger partial charge < -0.3 is 15.5 Å². The number of nitrogens with one attached hydrogen (secondary N) is 1. The van der Waals surface area contributed by atoms with E-state index >= 15 is 0 Å². The van der Waals surface area contributed by atoms with E-state index in [0.29, 0.717) is 12.5 Å². The largest absolute Gasteiger partial charge is 0.421 e. The average Bonchev–Trinajstić information content (AvgIpc) is 2.71. The molecule has 0 saturated carbocycles. The van der Waals surface area contributed by atoms with Crippen LogP contribution < -0.4 is 5.32 Å². The highest BCUT2D eigenvalue weighted by atomic mass is 32.2. The van der Waals surface area contributed by atoms with Gasteiger partial charge in [-0.05, 0) is 48.7 Å². The molecule has 0 saturated heterocycles. The van der Waals surface area contributed by atoms with Crippen LogP contribution in [0.2, 0.25) is 0 Å². The van der Waals surface area contributed by atoms with Crippen LogP contribution in [0.5, 0.6) is 0 Å². The van der Waals surface area contributed by atoms with E-state index in [9.17, 15) is 36.6 Å². The van der Waals surface area contributed by atoms with Crippen LogP contribution in [0, 0.1) is 0 Å². The lowest BCUT2D eigenvalue weighted by Crippen LogP contribution is -2.39. The third kappa shape index (κ3) is 5.63. The zero-order chi connectivity index (χ0) is 23.4. The minimum Gasteiger partial charge on any atom is -0.396 e. The van der Waals surface area contributed by atoms with Crippen LogP contribution in [0.15, 0.2) is 53.4 Å². The highest BCUT2D eigenvalue weighted by Gasteiger charge is 2.51. The maximum absolute atomic E-state index is 13.0. The second-order valence-electron chi connectivity index (χ2n) is 7.17. The molecule has 1 amide bonds. The Morgan fingerprint density at radius 3 is 2.06 bits per heavy atom. The molecular formula is C21H24F3NO5S. The van der Waals surface area contributed by atoms with Gasteiger partial charge in [-0.1, -0.05) is 31.2 Å². The number of aliphatic hydroxyl groups excluding tert-OH is 1. The van der Waals surface area contributed by atoms with Gasteiger partial charge in [0.25, 0.3) is 0 Å². The lowest BCUT2D eigenvalue weighted by atomic mass is 9.94. The summed E-state index contributed by atoms with van der Waals surface area (Å²) in [4.78, 5) is 12.8. The summed E-state index contributed by atoms with van der Waals surface area (Å²) in [7, 11) is -3.40. The van der Waals surface area contributed by atoms with Gasteiger partial charge in [0.05, 0.1) is 16.6 Å². The first kappa shape index (κ1) is 24.8. The summed E-state index contributed by atoms with van der Waals surface area (Å²) in [6, 6.07) is 10.4. The van der Waals surface area contributed by atoms with Crippen LogP contribution in [0.3, 0.4) is 0 Å². The van der Waals surface area contributed by atoms with Crippen molar-refractivity contribution in [3.63, 3.8) is 0 Å². The van der Waals surface area contributed by atoms with Crippen molar-refractivity contribution in [2.24, 2.45) is 0 Å². The average molecular weight is 459 g/mol. The molecule has 0 radical (unpaired) electrons. The SMILES string of the molecule is CCS(=O)(=O)c1ccc(C(CCO)C(=O)Nc2ccc(C(C)(O)C(F)(F)F)cc2)cc1. The minimum absolute atomic E-state index is 0.0621. The lowest BCUT2D eigenvalue weighted by Gasteiger charge is -2.26. The molecular weight excluding hydrogens is 435 g/mol. The predicted octanol–water partition coefficient (Wildman–Crippen LogP) is 3.35. The summed E-state index contributed by atoms with van der Waals surface area (Å²) in [6.07, 6.45) is -4.80. The first-order chi connectivity index (χ1) is 14.3. The number of hydrogen-bond donors (Lipinski definition) is 3. The van der Waals surface area contributed by atoms with Gasteiger partial charge >= 0.3 is 6.18 Å². The van der Waals surface area contributed by atoms with Gasteiger partial charge in [0.15, 0.2) is 15.4 Å². The minimum atomic E-state index is -4.86. The van der Waals surface area contributed by atoms with Crippen molar-refractivity contribution in [3.8, 4) is 0 Å². The maximum Gasteiger partial charge on any atom is 0.421 e. The maximum atomic E-state index is 13.0. The molecule has 0 aromatic heterocycles. The van der Waals surface area contributed by atoms with Crippen LogP contribution in [0.1, 0.15) is 37.3 Å². The quantitative estimate of drug-likeness (QED) is 0.562. The standard InChI is InChI=1S/C21H24F3NO5S/c1-3-31(29,30)17-10-4-14(5-11-17)18(12-13-26)19(27)25-16-8-6-15(7-9-16)20(2,28)21(22,23)24/h4-11,18,26,28H,3,12-13H2,1-2H3,(H,25,27). The second-order valence-corrected chi connectivity index (χ2v) is 9.45. The molecule has 6 nitrogen and oxygen atoms in total. The summed E-state index contributed by atoms with van der Waals surface area (Å²) in [5.74, 6) is -1.39. The molecule has 0 aliphatic carbocycles. The van der Waals surface area contributed by atoms with Gasteiger partial charge in [-0.2, -0.15) is 13.2 Å². The Morgan fingerprint density at radius 2 is 1.61 bits per heavy atom. The fourth-order valence-electron chi connectivity index (χ4n) is 2.92. The van der Waals surface area contributed by atoms with E-state index in [0.717, 1.165) is 12.1 Å². The Balaban J connectivity index is 2.21. The number of hydrogen-bond acceptors (Lipinski definition) is 5. The van der Waals surface area contributed by atoms with Crippen molar-refractivity contribution in [3.05, 3.63) is 59.7 Å². The molecule has 31 heavy (non-hydrogen) atoms. The van der Waals surface area contributed by atoms with Gasteiger partial charge in [0.1, 0.15) is 0 Å². The highest BCUT2D eigenvalue weighted by Crippen LogP contribution is 2.38. The number of rotatable bonds is 8. The summed E-state index contributed by atoms with van der Waals surface area (Å²) in [6.45, 7) is 1.85. The highest BCUT2D eigenvalue weighted by molar-refractivity contribution is 7.91. The molecule has 0 spiro atoms. The van der Waals surface area contributed by atoms with Crippen molar-refractivity contribution >= 4 is 21.4 Å². The molecule has 2 aromatic carbocycles. The Hall–Kier alpha value is -2.43. The van der Waals surface area contributed by atoms with Gasteiger partial charge in [-0.15, -0.1) is 0 Å². The van der Waals surface area contributed by atoms with Crippen molar-refractivity contribution < 1.29 is 36.6 Å². The van der Waals surface area contributed by atoms with Gasteiger partial charge in [-0.25, -0.2) is 8.42 Å². The number of halogens is 3. The Bertz CT molecular complexity index is 1000. The van der Waals surface area contributed by atoms with Crippen LogP contribution >= 0.6 is 0 Å². The van der Waals surface area contributed by atoms with Crippen molar-refractivity contribution in [1.82, 2.24) is 0 Å². The van der Waals surface area contributed by atoms with E-state index < -0.39 is 33.4 Å². The number of sulfone groups is 1. The summed E-state index contributed by atoms with van der Waals surface area (Å²) < 4.78 is 62.7. The second kappa shape index (κ2) is 9.37. The third-order valence-corrected chi connectivity index (χ3v) is 6.77. The van der Waals surface area contributed by atoms with Crippen molar-refractivity contribution in [2.45, 2.75) is 42.9 Å². The normalized spacial score (nSPS) is 15.2. The molecule has 0 fully saturated rings. The lowest BCUT2D eigenvalue weighted by molar-refractivity contribution is -0.258. The van der Waals surface area contributed by atoms with Crippen molar-refractivity contribution in [1.29, 1.82) is 0 Å². The molecule has 0 aliphatic rings. The van der Waals surface area contributed by atoms with E-state index in [1.54, 1.807) is 0 Å². The number of carbonyl (C=O) groups is 1. The summed E-state index contributed by atoms with van der Waals surface area (Å²) >= 11 is 0. The predicted molar refractivity (Wildman–Crippen MR) is 109 cm³/mol. The molecule has 0 heterocycles. The Kier molecular flexibility index (Phi) is 7.51. The Morgan fingerprint density at radius 1 is 1.06 bits per heavy atom. The molecule has 2 rings (SSSR count). The van der Waals surface area contributed by atoms with Gasteiger partial charge in [0.2, 0.25) is 5.91 Å². The van der Waals surface area contributed by atoms with Gasteiger partial charge in [0, 0.05) is 12.3 Å². The fourth-order valence-corrected chi connectivity index (χ4v) is 3.81. The molecule has 3 N–H and O–H groups in total. The van der Waals surface area contributed by atoms with Crippen LogP contribution in [-0.2, 0) is 20.2 Å². The number of carbonyl (C=O) groups excluding carboxylic acids is 1. The van der Waals surface area contributed by atoms with Crippen molar-refractivity contribution in [2.75, 3.05) is 17.7 Å². The number of anilines is 1. The first-order valence-electron chi connectivity index (χ1n) is 9.47. The zero-order valence-corrected chi connectivity index (χ0v) is 17.8. The number of aliphatic hydroxyl groups is 2. The molecule has 2 aromatic rings. The molecule has 2 unspecified atom stereocenters. The van der Waals surface area contributed by atoms with E-state index in [1.807, 2.05) is 0 Å². The first-order valence-corrected chi connectivity index (χ1v) is 11.1. The van der Waals surface area contributed by atoms with Gasteiger partial charge in [-0.3, -0.25) is 4.79 Å². The molecule has 0 bridgehead atoms. The molecule has 170 valence electrons.